The average molecular weight is 654 g/mol. The van der Waals surface area contributed by atoms with E-state index in [1.807, 2.05) is 0 Å². The molecule has 3 aromatic carbocycles. The molecule has 246 valence electrons. The van der Waals surface area contributed by atoms with Crippen molar-refractivity contribution in [2.45, 2.75) is 40.0 Å². The van der Waals surface area contributed by atoms with Crippen LogP contribution in [0.15, 0.2) is 78.9 Å². The van der Waals surface area contributed by atoms with Gasteiger partial charge in [-0.15, -0.1) is 0 Å². The molecule has 1 aromatic heterocycles. The Balaban J connectivity index is 1.55. The van der Waals surface area contributed by atoms with Gasteiger partial charge in [-0.05, 0) is 72.8 Å². The predicted molar refractivity (Wildman–Crippen MR) is 173 cm³/mol. The van der Waals surface area contributed by atoms with Crippen LogP contribution < -0.4 is 30.2 Å². The molecule has 4 rings (SSSR count). The van der Waals surface area contributed by atoms with Crippen molar-refractivity contribution >= 4 is 53.2 Å². The summed E-state index contributed by atoms with van der Waals surface area (Å²) in [5.41, 5.74) is 0.588. The van der Waals surface area contributed by atoms with Gasteiger partial charge in [-0.25, -0.2) is 0 Å². The fourth-order valence-corrected chi connectivity index (χ4v) is 3.82. The van der Waals surface area contributed by atoms with Gasteiger partial charge in [0.05, 0.1) is 0 Å². The molecule has 14 nitrogen and oxygen atoms in total. The number of nitrogens with one attached hydrogen (secondary N) is 3. The van der Waals surface area contributed by atoms with Gasteiger partial charge in [-0.3, -0.25) is 34.1 Å². The molecular formula is C34H31N5O9. The molecule has 0 unspecified atom stereocenters. The Kier molecular flexibility index (Phi) is 11.6. The van der Waals surface area contributed by atoms with Gasteiger partial charge in [0.15, 0.2) is 0 Å². The number of hydrogen-bond acceptors (Lipinski definition) is 11. The van der Waals surface area contributed by atoms with Crippen molar-refractivity contribution in [2.24, 2.45) is 0 Å². The van der Waals surface area contributed by atoms with Crippen molar-refractivity contribution in [1.29, 1.82) is 0 Å². The van der Waals surface area contributed by atoms with E-state index in [1.165, 1.54) is 78.9 Å². The van der Waals surface area contributed by atoms with E-state index >= 15 is 0 Å². The van der Waals surface area contributed by atoms with Crippen LogP contribution in [0.5, 0.6) is 17.2 Å². The molecule has 0 aliphatic carbocycles. The van der Waals surface area contributed by atoms with Gasteiger partial charge in [0.2, 0.25) is 5.95 Å². The summed E-state index contributed by atoms with van der Waals surface area (Å²) in [6, 6.07) is 18.7. The van der Waals surface area contributed by atoms with Crippen molar-refractivity contribution in [1.82, 2.24) is 9.97 Å². The third-order valence-corrected chi connectivity index (χ3v) is 6.35. The number of carbonyl (C=O) groups excluding carboxylic acids is 6. The lowest BCUT2D eigenvalue weighted by atomic mass is 10.2. The lowest BCUT2D eigenvalue weighted by molar-refractivity contribution is -0.134. The van der Waals surface area contributed by atoms with E-state index in [0.29, 0.717) is 0 Å². The van der Waals surface area contributed by atoms with Crippen LogP contribution in [0.1, 0.15) is 71.1 Å². The molecule has 0 fully saturated rings. The zero-order chi connectivity index (χ0) is 34.6. The molecule has 14 heteroatoms. The van der Waals surface area contributed by atoms with Crippen LogP contribution in [0.2, 0.25) is 0 Å². The average Bonchev–Trinajstić information content (AvgIpc) is 3.08. The molecule has 0 bridgehead atoms. The van der Waals surface area contributed by atoms with Gasteiger partial charge in [0, 0.05) is 42.0 Å². The fraction of sp³-hybridized carbons (Fsp3) is 0.176. The maximum atomic E-state index is 13.0. The van der Waals surface area contributed by atoms with Crippen molar-refractivity contribution in [3.8, 4) is 17.2 Å². The van der Waals surface area contributed by atoms with E-state index in [0.717, 1.165) is 0 Å². The first-order valence-electron chi connectivity index (χ1n) is 14.8. The highest BCUT2D eigenvalue weighted by atomic mass is 16.5. The van der Waals surface area contributed by atoms with E-state index in [4.69, 9.17) is 14.2 Å². The Labute approximate surface area is 274 Å². The molecule has 0 aliphatic rings. The molecule has 0 saturated heterocycles. The summed E-state index contributed by atoms with van der Waals surface area (Å²) in [6.45, 7) is 4.97. The van der Waals surface area contributed by atoms with Crippen LogP contribution in [0.4, 0.5) is 17.6 Å². The number of ether oxygens (including phenoxy) is 3. The number of anilines is 3. The van der Waals surface area contributed by atoms with E-state index in [-0.39, 0.29) is 70.8 Å². The summed E-state index contributed by atoms with van der Waals surface area (Å²) in [5, 5.41) is 7.73. The highest BCUT2D eigenvalue weighted by Gasteiger charge is 2.16. The van der Waals surface area contributed by atoms with Gasteiger partial charge in [0.25, 0.3) is 17.7 Å². The van der Waals surface area contributed by atoms with Crippen LogP contribution in [0.25, 0.3) is 0 Å². The van der Waals surface area contributed by atoms with Crippen molar-refractivity contribution in [3.63, 3.8) is 0 Å². The molecule has 48 heavy (non-hydrogen) atoms. The number of amides is 3. The number of hydrogen-bond donors (Lipinski definition) is 3. The Morgan fingerprint density at radius 2 is 0.771 bits per heavy atom. The fourth-order valence-electron chi connectivity index (χ4n) is 3.82. The lowest BCUT2D eigenvalue weighted by Gasteiger charge is -2.12. The topological polar surface area (TPSA) is 192 Å². The largest absolute Gasteiger partial charge is 0.427 e. The summed E-state index contributed by atoms with van der Waals surface area (Å²) >= 11 is 0. The van der Waals surface area contributed by atoms with Crippen LogP contribution in [0.3, 0.4) is 0 Å². The second kappa shape index (κ2) is 16.2. The van der Waals surface area contributed by atoms with Gasteiger partial charge >= 0.3 is 17.9 Å². The molecule has 3 N–H and O–H groups in total. The summed E-state index contributed by atoms with van der Waals surface area (Å²) in [4.78, 5) is 82.2. The maximum Gasteiger partial charge on any atom is 0.310 e. The second-order valence-electron chi connectivity index (χ2n) is 9.88. The molecule has 0 aliphatic heterocycles. The molecule has 0 spiro atoms. The first-order chi connectivity index (χ1) is 23.1. The Morgan fingerprint density at radius 3 is 1.06 bits per heavy atom. The molecular weight excluding hydrogens is 622 g/mol. The monoisotopic (exact) mass is 653 g/mol. The molecule has 0 saturated carbocycles. The number of esters is 3. The van der Waals surface area contributed by atoms with Gasteiger partial charge in [-0.1, -0.05) is 20.8 Å². The van der Waals surface area contributed by atoms with Gasteiger partial charge < -0.3 is 24.8 Å². The predicted octanol–water partition coefficient (Wildman–Crippen LogP) is 5.18. The third-order valence-electron chi connectivity index (χ3n) is 6.35. The molecule has 1 heterocycles. The molecule has 3 amide bonds. The lowest BCUT2D eigenvalue weighted by Crippen LogP contribution is -2.19. The number of benzene rings is 3. The Morgan fingerprint density at radius 1 is 0.479 bits per heavy atom. The Hall–Kier alpha value is -6.44. The van der Waals surface area contributed by atoms with Crippen LogP contribution in [-0.2, 0) is 14.4 Å². The van der Waals surface area contributed by atoms with Crippen molar-refractivity contribution in [2.75, 3.05) is 16.0 Å². The van der Waals surface area contributed by atoms with E-state index in [2.05, 4.69) is 25.9 Å². The number of aromatic nitrogens is 2. The van der Waals surface area contributed by atoms with E-state index in [1.54, 1.807) is 20.8 Å². The normalized spacial score (nSPS) is 10.3. The smallest absolute Gasteiger partial charge is 0.310 e. The van der Waals surface area contributed by atoms with Gasteiger partial charge in [-0.2, -0.15) is 9.97 Å². The first kappa shape index (κ1) is 34.4. The zero-order valence-electron chi connectivity index (χ0n) is 26.2. The summed E-state index contributed by atoms with van der Waals surface area (Å²) < 4.78 is 15.4. The molecule has 0 radical (unpaired) electrons. The standard InChI is InChI=1S/C34H31N5O9/c1-4-28(40)46-23-13-7-20(8-14-23)31(43)35-26-19-27(36-32(44)21-9-15-24(16-10-21)47-29(41)5-2)38-34(37-26)39-33(45)22-11-17-25(18-12-22)48-30(42)6-3/h7-19H,4-6H2,1-3H3,(H3,35,36,37,38,39,43,44,45). The first-order valence-corrected chi connectivity index (χ1v) is 14.8. The Bertz CT molecular complexity index is 1600. The van der Waals surface area contributed by atoms with Crippen molar-refractivity contribution < 1.29 is 43.0 Å². The summed E-state index contributed by atoms with van der Waals surface area (Å²) in [7, 11) is 0. The van der Waals surface area contributed by atoms with E-state index < -0.39 is 35.6 Å². The van der Waals surface area contributed by atoms with Gasteiger partial charge in [0.1, 0.15) is 28.9 Å². The SMILES string of the molecule is CCC(=O)Oc1ccc(C(=O)Nc2cc(NC(=O)c3ccc(OC(=O)CC)cc3)nc(NC(=O)c3ccc(OC(=O)CC)cc3)n2)cc1. The second-order valence-corrected chi connectivity index (χ2v) is 9.88. The van der Waals surface area contributed by atoms with Crippen LogP contribution >= 0.6 is 0 Å². The zero-order valence-corrected chi connectivity index (χ0v) is 26.2. The summed E-state index contributed by atoms with van der Waals surface area (Å²) in [6.07, 6.45) is 0.560. The quantitative estimate of drug-likeness (QED) is 0.135. The highest BCUT2D eigenvalue weighted by molar-refractivity contribution is 6.07. The number of nitrogens with zero attached hydrogens (tertiary/aromatic N) is 2. The number of carbonyl (C=O) groups is 6. The number of rotatable bonds is 12. The maximum absolute atomic E-state index is 13.0. The minimum Gasteiger partial charge on any atom is -0.427 e. The summed E-state index contributed by atoms with van der Waals surface area (Å²) in [5.74, 6) is -2.68. The van der Waals surface area contributed by atoms with Crippen LogP contribution in [0, 0.1) is 0 Å². The van der Waals surface area contributed by atoms with E-state index in [9.17, 15) is 28.8 Å². The minimum atomic E-state index is -0.626. The highest BCUT2D eigenvalue weighted by Crippen LogP contribution is 2.20. The van der Waals surface area contributed by atoms with Crippen LogP contribution in [-0.4, -0.2) is 45.6 Å². The third kappa shape index (κ3) is 9.78. The molecule has 0 atom stereocenters. The van der Waals surface area contributed by atoms with Crippen molar-refractivity contribution in [3.05, 3.63) is 95.6 Å². The minimum absolute atomic E-state index is 0.0641. The molecule has 4 aromatic rings.